The molecule has 40 heavy (non-hydrogen) atoms. The molecule has 0 fully saturated rings. The van der Waals surface area contributed by atoms with Gasteiger partial charge in [-0.05, 0) is 42.3 Å². The Labute approximate surface area is 236 Å². The second-order valence-electron chi connectivity index (χ2n) is 10.5. The highest BCUT2D eigenvalue weighted by atomic mass is 32.2. The topological polar surface area (TPSA) is 57.2 Å². The number of nitrogens with zero attached hydrogens (tertiary/aromatic N) is 1. The van der Waals surface area contributed by atoms with Gasteiger partial charge in [-0.1, -0.05) is 67.9 Å². The van der Waals surface area contributed by atoms with Crippen molar-refractivity contribution in [2.24, 2.45) is 0 Å². The Balaban J connectivity index is 1.35. The molecule has 1 amide bonds. The number of amides is 1. The molecule has 0 radical (unpaired) electrons. The van der Waals surface area contributed by atoms with Crippen molar-refractivity contribution in [1.29, 1.82) is 0 Å². The lowest BCUT2D eigenvalue weighted by Gasteiger charge is -2.26. The fourth-order valence-electron chi connectivity index (χ4n) is 6.41. The lowest BCUT2D eigenvalue weighted by atomic mass is 9.74. The van der Waals surface area contributed by atoms with Crippen LogP contribution in [0.1, 0.15) is 37.3 Å². The number of rotatable bonds is 5. The monoisotopic (exact) mass is 549 g/mol. The van der Waals surface area contributed by atoms with E-state index < -0.39 is 5.41 Å². The van der Waals surface area contributed by atoms with Crippen LogP contribution in [0.25, 0.3) is 11.1 Å². The first-order valence-corrected chi connectivity index (χ1v) is 14.6. The fraction of sp³-hybridized carbons (Fsp3) is 0.242. The first-order valence-electron chi connectivity index (χ1n) is 13.8. The zero-order chi connectivity index (χ0) is 26.8. The SMILES string of the molecule is CCCCCN1C(=O)C2(COc3cc4c(cc32)OCO4)c2c(-c3cccc4c3Oc3ccccc3S4)cccc21. The smallest absolute Gasteiger partial charge is 0.245 e. The Bertz CT molecular complexity index is 1700. The fourth-order valence-corrected chi connectivity index (χ4v) is 7.40. The molecule has 0 aromatic heterocycles. The van der Waals surface area contributed by atoms with Crippen LogP contribution >= 0.6 is 11.8 Å². The molecule has 4 aliphatic heterocycles. The average molecular weight is 550 g/mol. The summed E-state index contributed by atoms with van der Waals surface area (Å²) in [6.45, 7) is 3.23. The Morgan fingerprint density at radius 3 is 2.52 bits per heavy atom. The number of unbranched alkanes of at least 4 members (excludes halogenated alkanes) is 2. The number of ether oxygens (including phenoxy) is 4. The first-order chi connectivity index (χ1) is 19.7. The van der Waals surface area contributed by atoms with Crippen LogP contribution in [-0.2, 0) is 10.2 Å². The highest BCUT2D eigenvalue weighted by molar-refractivity contribution is 7.99. The summed E-state index contributed by atoms with van der Waals surface area (Å²) in [5, 5.41) is 0. The van der Waals surface area contributed by atoms with Crippen molar-refractivity contribution in [1.82, 2.24) is 0 Å². The van der Waals surface area contributed by atoms with Crippen molar-refractivity contribution in [2.75, 3.05) is 24.8 Å². The number of benzene rings is 4. The van der Waals surface area contributed by atoms with Crippen LogP contribution in [0.15, 0.2) is 82.6 Å². The van der Waals surface area contributed by atoms with Crippen molar-refractivity contribution >= 4 is 23.4 Å². The summed E-state index contributed by atoms with van der Waals surface area (Å²) < 4.78 is 24.2. The number of anilines is 1. The number of hydrogen-bond donors (Lipinski definition) is 0. The predicted molar refractivity (Wildman–Crippen MR) is 153 cm³/mol. The standard InChI is InChI=1S/C33H27NO5S/c1-2-3-6-15-34-23-11-7-9-20(21-10-8-14-29-31(21)39-24-12-4-5-13-28(24)40-29)30(23)33(32(34)35)18-36-25-17-27-26(16-22(25)33)37-19-38-27/h4-5,7-14,16-17H,2-3,6,15,18-19H2,1H3. The van der Waals surface area contributed by atoms with Gasteiger partial charge in [-0.25, -0.2) is 0 Å². The van der Waals surface area contributed by atoms with Crippen molar-refractivity contribution in [3.63, 3.8) is 0 Å². The van der Waals surface area contributed by atoms with E-state index in [1.54, 1.807) is 11.8 Å². The molecule has 4 aromatic carbocycles. The number of fused-ring (bicyclic) bond motifs is 7. The molecule has 0 saturated carbocycles. The van der Waals surface area contributed by atoms with E-state index in [1.165, 1.54) is 0 Å². The predicted octanol–water partition coefficient (Wildman–Crippen LogP) is 7.55. The van der Waals surface area contributed by atoms with Crippen LogP contribution in [0, 0.1) is 0 Å². The van der Waals surface area contributed by atoms with E-state index in [-0.39, 0.29) is 19.3 Å². The van der Waals surface area contributed by atoms with Crippen molar-refractivity contribution in [3.8, 4) is 39.9 Å². The van der Waals surface area contributed by atoms with E-state index in [1.807, 2.05) is 41.3 Å². The number of para-hydroxylation sites is 2. The molecule has 0 aliphatic carbocycles. The van der Waals surface area contributed by atoms with Gasteiger partial charge in [-0.15, -0.1) is 0 Å². The third kappa shape index (κ3) is 3.27. The van der Waals surface area contributed by atoms with Crippen LogP contribution < -0.4 is 23.8 Å². The summed E-state index contributed by atoms with van der Waals surface area (Å²) >= 11 is 1.71. The summed E-state index contributed by atoms with van der Waals surface area (Å²) in [5.41, 5.74) is 3.70. The molecule has 4 aliphatic rings. The van der Waals surface area contributed by atoms with Crippen molar-refractivity contribution < 1.29 is 23.7 Å². The lowest BCUT2D eigenvalue weighted by Crippen LogP contribution is -2.43. The number of hydrogen-bond acceptors (Lipinski definition) is 6. The Morgan fingerprint density at radius 2 is 1.62 bits per heavy atom. The minimum absolute atomic E-state index is 0.0501. The summed E-state index contributed by atoms with van der Waals surface area (Å²) in [6, 6.07) is 24.4. The van der Waals surface area contributed by atoms with Gasteiger partial charge in [0.1, 0.15) is 29.3 Å². The molecule has 7 heteroatoms. The molecule has 1 spiro atoms. The highest BCUT2D eigenvalue weighted by Crippen LogP contribution is 2.59. The Morgan fingerprint density at radius 1 is 0.825 bits per heavy atom. The van der Waals surface area contributed by atoms with Gasteiger partial charge in [-0.2, -0.15) is 0 Å². The third-order valence-electron chi connectivity index (χ3n) is 8.28. The second-order valence-corrected chi connectivity index (χ2v) is 11.6. The van der Waals surface area contributed by atoms with E-state index in [9.17, 15) is 4.79 Å². The molecule has 6 nitrogen and oxygen atoms in total. The molecule has 0 N–H and O–H groups in total. The summed E-state index contributed by atoms with van der Waals surface area (Å²) in [4.78, 5) is 18.7. The van der Waals surface area contributed by atoms with Gasteiger partial charge in [0.2, 0.25) is 12.7 Å². The average Bonchev–Trinajstić information content (AvgIpc) is 3.66. The summed E-state index contributed by atoms with van der Waals surface area (Å²) in [7, 11) is 0. The van der Waals surface area contributed by atoms with Gasteiger partial charge in [0.15, 0.2) is 11.5 Å². The van der Waals surface area contributed by atoms with E-state index in [4.69, 9.17) is 18.9 Å². The highest BCUT2D eigenvalue weighted by Gasteiger charge is 2.58. The van der Waals surface area contributed by atoms with Crippen molar-refractivity contribution in [2.45, 2.75) is 41.4 Å². The molecular weight excluding hydrogens is 522 g/mol. The molecule has 1 unspecified atom stereocenters. The summed E-state index contributed by atoms with van der Waals surface area (Å²) in [5.74, 6) is 3.67. The van der Waals surface area contributed by atoms with Crippen LogP contribution in [0.2, 0.25) is 0 Å². The molecule has 200 valence electrons. The number of carbonyl (C=O) groups excluding carboxylic acids is 1. The summed E-state index contributed by atoms with van der Waals surface area (Å²) in [6.07, 6.45) is 3.09. The lowest BCUT2D eigenvalue weighted by molar-refractivity contribution is -0.122. The van der Waals surface area contributed by atoms with Gasteiger partial charge in [0.25, 0.3) is 0 Å². The molecule has 8 rings (SSSR count). The zero-order valence-electron chi connectivity index (χ0n) is 22.1. The van der Waals surface area contributed by atoms with Gasteiger partial charge in [-0.3, -0.25) is 4.79 Å². The Kier molecular flexibility index (Phi) is 5.32. The maximum Gasteiger partial charge on any atom is 0.245 e. The van der Waals surface area contributed by atoms with E-state index >= 15 is 0 Å². The van der Waals surface area contributed by atoms with Crippen LogP contribution in [0.4, 0.5) is 5.69 Å². The van der Waals surface area contributed by atoms with Crippen molar-refractivity contribution in [3.05, 3.63) is 83.9 Å². The van der Waals surface area contributed by atoms with Crippen LogP contribution in [0.3, 0.4) is 0 Å². The van der Waals surface area contributed by atoms with Gasteiger partial charge in [0, 0.05) is 35.0 Å². The molecular formula is C33H27NO5S. The van der Waals surface area contributed by atoms with Crippen LogP contribution in [0.5, 0.6) is 28.7 Å². The molecule has 0 bridgehead atoms. The zero-order valence-corrected chi connectivity index (χ0v) is 22.9. The van der Waals surface area contributed by atoms with E-state index in [2.05, 4.69) is 43.3 Å². The van der Waals surface area contributed by atoms with E-state index in [0.29, 0.717) is 23.8 Å². The minimum Gasteiger partial charge on any atom is -0.491 e. The molecule has 0 saturated heterocycles. The molecule has 4 aromatic rings. The molecule has 1 atom stereocenters. The Hall–Kier alpha value is -4.10. The minimum atomic E-state index is -0.989. The largest absolute Gasteiger partial charge is 0.491 e. The van der Waals surface area contributed by atoms with E-state index in [0.717, 1.165) is 68.5 Å². The molecule has 4 heterocycles. The van der Waals surface area contributed by atoms with Crippen LogP contribution in [-0.4, -0.2) is 25.9 Å². The van der Waals surface area contributed by atoms with Gasteiger partial charge >= 0.3 is 0 Å². The van der Waals surface area contributed by atoms with Gasteiger partial charge in [0.05, 0.1) is 9.79 Å². The first kappa shape index (κ1) is 23.8. The quantitative estimate of drug-likeness (QED) is 0.211. The third-order valence-corrected chi connectivity index (χ3v) is 9.38. The maximum atomic E-state index is 14.6. The second kappa shape index (κ2) is 8.96. The number of carbonyl (C=O) groups is 1. The maximum absolute atomic E-state index is 14.6. The van der Waals surface area contributed by atoms with Gasteiger partial charge < -0.3 is 23.8 Å². The normalized spacial score (nSPS) is 19.1.